The molecule has 25 heavy (non-hydrogen) atoms. The van der Waals surface area contributed by atoms with Crippen molar-refractivity contribution in [2.24, 2.45) is 5.41 Å². The summed E-state index contributed by atoms with van der Waals surface area (Å²) in [6.07, 6.45) is 8.50. The van der Waals surface area contributed by atoms with Crippen molar-refractivity contribution in [1.29, 1.82) is 0 Å². The first kappa shape index (κ1) is 16.8. The monoisotopic (exact) mass is 343 g/mol. The van der Waals surface area contributed by atoms with Gasteiger partial charge in [0.2, 0.25) is 0 Å². The largest absolute Gasteiger partial charge is 0.462 e. The van der Waals surface area contributed by atoms with E-state index in [4.69, 9.17) is 4.74 Å². The van der Waals surface area contributed by atoms with Gasteiger partial charge in [-0.15, -0.1) is 0 Å². The molecule has 1 aromatic rings. The van der Waals surface area contributed by atoms with E-state index in [2.05, 4.69) is 33.8 Å². The van der Waals surface area contributed by atoms with Gasteiger partial charge in [-0.3, -0.25) is 9.69 Å². The van der Waals surface area contributed by atoms with Crippen molar-refractivity contribution in [3.05, 3.63) is 23.9 Å². The lowest BCUT2D eigenvalue weighted by Gasteiger charge is -2.35. The highest BCUT2D eigenvalue weighted by Crippen LogP contribution is 2.48. The smallest absolute Gasteiger partial charge is 0.312 e. The SMILES string of the molecule is Cc1ccc(N2CCN(CCC3CC4(CCCC4)C(=O)O3)CC2)nc1. The molecular formula is C20H29N3O2. The molecule has 2 aliphatic heterocycles. The zero-order chi connectivity index (χ0) is 17.3. The highest BCUT2D eigenvalue weighted by molar-refractivity contribution is 5.79. The molecule has 0 aromatic carbocycles. The number of hydrogen-bond donors (Lipinski definition) is 0. The Labute approximate surface area is 150 Å². The van der Waals surface area contributed by atoms with Crippen molar-refractivity contribution in [1.82, 2.24) is 9.88 Å². The van der Waals surface area contributed by atoms with E-state index in [0.717, 1.165) is 64.2 Å². The van der Waals surface area contributed by atoms with E-state index in [0.29, 0.717) is 0 Å². The number of aryl methyl sites for hydroxylation is 1. The van der Waals surface area contributed by atoms with Gasteiger partial charge < -0.3 is 9.64 Å². The molecule has 1 spiro atoms. The Morgan fingerprint density at radius 2 is 1.96 bits per heavy atom. The molecule has 0 bridgehead atoms. The fourth-order valence-corrected chi connectivity index (χ4v) is 4.63. The third kappa shape index (κ3) is 3.52. The highest BCUT2D eigenvalue weighted by Gasteiger charge is 2.50. The van der Waals surface area contributed by atoms with Crippen molar-refractivity contribution >= 4 is 11.8 Å². The standard InChI is InChI=1S/C20H29N3O2/c1-16-4-5-18(21-15-16)23-12-10-22(11-13-23)9-6-17-14-20(19(24)25-17)7-2-3-8-20/h4-5,15,17H,2-3,6-14H2,1H3. The maximum atomic E-state index is 12.2. The number of cyclic esters (lactones) is 1. The van der Waals surface area contributed by atoms with Crippen LogP contribution in [0.2, 0.25) is 0 Å². The van der Waals surface area contributed by atoms with Crippen LogP contribution in [0.4, 0.5) is 5.82 Å². The lowest BCUT2D eigenvalue weighted by molar-refractivity contribution is -0.148. The van der Waals surface area contributed by atoms with Crippen LogP contribution in [-0.4, -0.2) is 54.7 Å². The number of carbonyl (C=O) groups excluding carboxylic acids is 1. The topological polar surface area (TPSA) is 45.7 Å². The number of pyridine rings is 1. The van der Waals surface area contributed by atoms with E-state index >= 15 is 0 Å². The molecule has 5 nitrogen and oxygen atoms in total. The zero-order valence-corrected chi connectivity index (χ0v) is 15.2. The molecule has 3 aliphatic rings. The molecule has 1 aliphatic carbocycles. The second-order valence-corrected chi connectivity index (χ2v) is 8.03. The Morgan fingerprint density at radius 1 is 1.20 bits per heavy atom. The molecule has 3 heterocycles. The third-order valence-corrected chi connectivity index (χ3v) is 6.25. The molecule has 2 saturated heterocycles. The van der Waals surface area contributed by atoms with Crippen LogP contribution in [0.1, 0.15) is 44.1 Å². The summed E-state index contributed by atoms with van der Waals surface area (Å²) in [6, 6.07) is 4.24. The van der Waals surface area contributed by atoms with Crippen molar-refractivity contribution in [3.63, 3.8) is 0 Å². The summed E-state index contributed by atoms with van der Waals surface area (Å²) in [5.41, 5.74) is 1.09. The minimum atomic E-state index is -0.111. The molecule has 1 atom stereocenters. The molecule has 1 saturated carbocycles. The minimum Gasteiger partial charge on any atom is -0.462 e. The zero-order valence-electron chi connectivity index (χ0n) is 15.2. The quantitative estimate of drug-likeness (QED) is 0.787. The summed E-state index contributed by atoms with van der Waals surface area (Å²) in [4.78, 5) is 21.6. The highest BCUT2D eigenvalue weighted by atomic mass is 16.6. The van der Waals surface area contributed by atoms with Crippen LogP contribution < -0.4 is 4.90 Å². The summed E-state index contributed by atoms with van der Waals surface area (Å²) in [5, 5.41) is 0. The lowest BCUT2D eigenvalue weighted by atomic mass is 9.83. The van der Waals surface area contributed by atoms with Gasteiger partial charge >= 0.3 is 5.97 Å². The summed E-state index contributed by atoms with van der Waals surface area (Å²) in [6.45, 7) is 7.25. The van der Waals surface area contributed by atoms with E-state index in [1.165, 1.54) is 18.4 Å². The molecule has 1 aromatic heterocycles. The van der Waals surface area contributed by atoms with Crippen LogP contribution in [-0.2, 0) is 9.53 Å². The van der Waals surface area contributed by atoms with Gasteiger partial charge in [0, 0.05) is 45.3 Å². The minimum absolute atomic E-state index is 0.0882. The number of nitrogens with zero attached hydrogens (tertiary/aromatic N) is 3. The number of ether oxygens (including phenoxy) is 1. The fraction of sp³-hybridized carbons (Fsp3) is 0.700. The summed E-state index contributed by atoms with van der Waals surface area (Å²) >= 11 is 0. The molecule has 5 heteroatoms. The van der Waals surface area contributed by atoms with Crippen LogP contribution >= 0.6 is 0 Å². The van der Waals surface area contributed by atoms with Gasteiger partial charge in [-0.1, -0.05) is 18.9 Å². The number of esters is 1. The van der Waals surface area contributed by atoms with Crippen LogP contribution in [0.15, 0.2) is 18.3 Å². The van der Waals surface area contributed by atoms with Gasteiger partial charge in [-0.05, 0) is 37.8 Å². The Hall–Kier alpha value is -1.62. The maximum absolute atomic E-state index is 12.2. The van der Waals surface area contributed by atoms with Gasteiger partial charge in [-0.2, -0.15) is 0 Å². The van der Waals surface area contributed by atoms with Gasteiger partial charge in [-0.25, -0.2) is 4.98 Å². The number of anilines is 1. The number of piperazine rings is 1. The molecular weight excluding hydrogens is 314 g/mol. The maximum Gasteiger partial charge on any atom is 0.312 e. The van der Waals surface area contributed by atoms with Crippen molar-refractivity contribution in [2.75, 3.05) is 37.6 Å². The normalized spacial score (nSPS) is 26.4. The van der Waals surface area contributed by atoms with Crippen LogP contribution in [0.3, 0.4) is 0 Å². The van der Waals surface area contributed by atoms with E-state index in [1.807, 2.05) is 6.20 Å². The van der Waals surface area contributed by atoms with Crippen LogP contribution in [0.5, 0.6) is 0 Å². The fourth-order valence-electron chi connectivity index (χ4n) is 4.63. The van der Waals surface area contributed by atoms with E-state index in [1.54, 1.807) is 0 Å². The second kappa shape index (κ2) is 6.94. The van der Waals surface area contributed by atoms with Crippen molar-refractivity contribution in [2.45, 2.75) is 51.6 Å². The van der Waals surface area contributed by atoms with E-state index < -0.39 is 0 Å². The number of hydrogen-bond acceptors (Lipinski definition) is 5. The Bertz CT molecular complexity index is 602. The van der Waals surface area contributed by atoms with Gasteiger partial charge in [0.25, 0.3) is 0 Å². The molecule has 0 amide bonds. The van der Waals surface area contributed by atoms with Crippen LogP contribution in [0, 0.1) is 12.3 Å². The van der Waals surface area contributed by atoms with Crippen molar-refractivity contribution in [3.8, 4) is 0 Å². The first-order valence-corrected chi connectivity index (χ1v) is 9.76. The third-order valence-electron chi connectivity index (χ3n) is 6.25. The molecule has 4 rings (SSSR count). The molecule has 0 radical (unpaired) electrons. The first-order valence-electron chi connectivity index (χ1n) is 9.76. The predicted molar refractivity (Wildman–Crippen MR) is 97.6 cm³/mol. The van der Waals surface area contributed by atoms with Gasteiger partial charge in [0.1, 0.15) is 11.9 Å². The Balaban J connectivity index is 1.23. The average Bonchev–Trinajstić information content (AvgIpc) is 3.22. The summed E-state index contributed by atoms with van der Waals surface area (Å²) < 4.78 is 5.71. The molecule has 136 valence electrons. The first-order chi connectivity index (χ1) is 12.1. The van der Waals surface area contributed by atoms with Gasteiger partial charge in [0.15, 0.2) is 0 Å². The average molecular weight is 343 g/mol. The number of aromatic nitrogens is 1. The van der Waals surface area contributed by atoms with E-state index in [-0.39, 0.29) is 17.5 Å². The number of carbonyl (C=O) groups is 1. The predicted octanol–water partition coefficient (Wildman–Crippen LogP) is 2.78. The van der Waals surface area contributed by atoms with E-state index in [9.17, 15) is 4.79 Å². The molecule has 0 N–H and O–H groups in total. The molecule has 1 unspecified atom stereocenters. The molecule has 3 fully saturated rings. The lowest BCUT2D eigenvalue weighted by Crippen LogP contribution is -2.47. The van der Waals surface area contributed by atoms with Crippen molar-refractivity contribution < 1.29 is 9.53 Å². The van der Waals surface area contributed by atoms with Gasteiger partial charge in [0.05, 0.1) is 5.41 Å². The Kier molecular flexibility index (Phi) is 4.67. The Morgan fingerprint density at radius 3 is 2.64 bits per heavy atom. The van der Waals surface area contributed by atoms with Crippen LogP contribution in [0.25, 0.3) is 0 Å². The second-order valence-electron chi connectivity index (χ2n) is 8.03. The summed E-state index contributed by atoms with van der Waals surface area (Å²) in [7, 11) is 0. The summed E-state index contributed by atoms with van der Waals surface area (Å²) in [5.74, 6) is 1.17. The number of rotatable bonds is 4.